The normalized spacial score (nSPS) is 19.6. The highest BCUT2D eigenvalue weighted by Crippen LogP contribution is 2.21. The van der Waals surface area contributed by atoms with Gasteiger partial charge < -0.3 is 14.9 Å². The van der Waals surface area contributed by atoms with E-state index < -0.39 is 5.97 Å². The molecule has 1 unspecified atom stereocenters. The summed E-state index contributed by atoms with van der Waals surface area (Å²) in [7, 11) is 1.84. The summed E-state index contributed by atoms with van der Waals surface area (Å²) < 4.78 is 0. The molecule has 2 amide bonds. The number of carboxylic acid groups (broad SMARTS) is 1. The molecule has 0 saturated carbocycles. The third-order valence-electron chi connectivity index (χ3n) is 3.52. The highest BCUT2D eigenvalue weighted by Gasteiger charge is 2.26. The fourth-order valence-corrected chi connectivity index (χ4v) is 2.67. The lowest BCUT2D eigenvalue weighted by atomic mass is 9.93. The maximum atomic E-state index is 12.3. The summed E-state index contributed by atoms with van der Waals surface area (Å²) in [5.74, 6) is 0.0446. The van der Waals surface area contributed by atoms with E-state index in [1.54, 1.807) is 4.90 Å². The first-order chi connectivity index (χ1) is 8.90. The van der Waals surface area contributed by atoms with Crippen molar-refractivity contribution in [3.63, 3.8) is 0 Å². The lowest BCUT2D eigenvalue weighted by Gasteiger charge is -2.35. The summed E-state index contributed by atoms with van der Waals surface area (Å²) in [5, 5.41) is 8.72. The molecule has 1 fully saturated rings. The molecule has 1 saturated heterocycles. The van der Waals surface area contributed by atoms with Crippen LogP contribution >= 0.6 is 0 Å². The van der Waals surface area contributed by atoms with Crippen molar-refractivity contribution >= 4 is 12.0 Å². The molecule has 1 aliphatic rings. The van der Waals surface area contributed by atoms with Gasteiger partial charge in [0.1, 0.15) is 0 Å². The predicted molar refractivity (Wildman–Crippen MR) is 74.0 cm³/mol. The van der Waals surface area contributed by atoms with E-state index in [1.165, 1.54) is 0 Å². The van der Waals surface area contributed by atoms with Crippen molar-refractivity contribution in [2.75, 3.05) is 26.7 Å². The van der Waals surface area contributed by atoms with Crippen LogP contribution in [0.25, 0.3) is 0 Å². The largest absolute Gasteiger partial charge is 0.481 e. The summed E-state index contributed by atoms with van der Waals surface area (Å²) in [4.78, 5) is 26.5. The molecule has 1 atom stereocenters. The van der Waals surface area contributed by atoms with Gasteiger partial charge in [-0.15, -0.1) is 0 Å². The number of carboxylic acids is 1. The van der Waals surface area contributed by atoms with Crippen molar-refractivity contribution in [3.05, 3.63) is 0 Å². The molecule has 1 aliphatic heterocycles. The van der Waals surface area contributed by atoms with Gasteiger partial charge in [-0.2, -0.15) is 0 Å². The molecule has 5 heteroatoms. The Kier molecular flexibility index (Phi) is 6.12. The average Bonchev–Trinajstić information content (AvgIpc) is 2.35. The Labute approximate surface area is 115 Å². The second kappa shape index (κ2) is 7.36. The molecular weight excluding hydrogens is 244 g/mol. The van der Waals surface area contributed by atoms with Crippen LogP contribution in [0.15, 0.2) is 0 Å². The summed E-state index contributed by atoms with van der Waals surface area (Å²) in [6.07, 6.45) is 2.89. The van der Waals surface area contributed by atoms with Crippen molar-refractivity contribution in [1.82, 2.24) is 9.80 Å². The number of amides is 2. The zero-order chi connectivity index (χ0) is 14.4. The van der Waals surface area contributed by atoms with E-state index in [4.69, 9.17) is 5.11 Å². The van der Waals surface area contributed by atoms with Gasteiger partial charge in [0.05, 0.1) is 0 Å². The number of urea groups is 1. The fourth-order valence-electron chi connectivity index (χ4n) is 2.67. The first-order valence-corrected chi connectivity index (χ1v) is 7.12. The average molecular weight is 270 g/mol. The Balaban J connectivity index is 2.44. The second-order valence-corrected chi connectivity index (χ2v) is 5.94. The second-order valence-electron chi connectivity index (χ2n) is 5.94. The molecule has 0 aromatic carbocycles. The van der Waals surface area contributed by atoms with Gasteiger partial charge in [-0.1, -0.05) is 13.8 Å². The van der Waals surface area contributed by atoms with E-state index in [2.05, 4.69) is 13.8 Å². The molecular formula is C14H26N2O3. The molecule has 0 aliphatic carbocycles. The standard InChI is InChI=1S/C14H26N2O3/c1-11(2)9-15(3)14(19)16-8-4-5-12(10-16)6-7-13(17)18/h11-12H,4-10H2,1-3H3,(H,17,18). The molecule has 1 heterocycles. The van der Waals surface area contributed by atoms with Crippen LogP contribution in [0.3, 0.4) is 0 Å². The van der Waals surface area contributed by atoms with Crippen molar-refractivity contribution in [2.45, 2.75) is 39.5 Å². The molecule has 5 nitrogen and oxygen atoms in total. The number of carbonyl (C=O) groups is 2. The van der Waals surface area contributed by atoms with Gasteiger partial charge in [0.15, 0.2) is 0 Å². The number of carbonyl (C=O) groups excluding carboxylic acids is 1. The lowest BCUT2D eigenvalue weighted by Crippen LogP contribution is -2.47. The summed E-state index contributed by atoms with van der Waals surface area (Å²) in [6.45, 7) is 6.44. The number of aliphatic carboxylic acids is 1. The zero-order valence-corrected chi connectivity index (χ0v) is 12.3. The Morgan fingerprint density at radius 2 is 2.11 bits per heavy atom. The maximum Gasteiger partial charge on any atom is 0.319 e. The minimum Gasteiger partial charge on any atom is -0.481 e. The van der Waals surface area contributed by atoms with Crippen LogP contribution in [0.4, 0.5) is 4.79 Å². The van der Waals surface area contributed by atoms with E-state index in [9.17, 15) is 9.59 Å². The zero-order valence-electron chi connectivity index (χ0n) is 12.3. The van der Waals surface area contributed by atoms with E-state index in [0.29, 0.717) is 24.8 Å². The molecule has 0 bridgehead atoms. The van der Waals surface area contributed by atoms with Gasteiger partial charge in [0, 0.05) is 33.1 Å². The Bertz CT molecular complexity index is 318. The van der Waals surface area contributed by atoms with E-state index in [-0.39, 0.29) is 12.5 Å². The lowest BCUT2D eigenvalue weighted by molar-refractivity contribution is -0.137. The number of piperidine rings is 1. The Morgan fingerprint density at radius 3 is 2.68 bits per heavy atom. The SMILES string of the molecule is CC(C)CN(C)C(=O)N1CCCC(CCC(=O)O)C1. The van der Waals surface area contributed by atoms with Gasteiger partial charge in [-0.25, -0.2) is 4.79 Å². The van der Waals surface area contributed by atoms with E-state index >= 15 is 0 Å². The van der Waals surface area contributed by atoms with Gasteiger partial charge >= 0.3 is 12.0 Å². The van der Waals surface area contributed by atoms with Crippen molar-refractivity contribution in [3.8, 4) is 0 Å². The van der Waals surface area contributed by atoms with Crippen LogP contribution in [0.5, 0.6) is 0 Å². The van der Waals surface area contributed by atoms with Crippen molar-refractivity contribution < 1.29 is 14.7 Å². The molecule has 0 aromatic heterocycles. The van der Waals surface area contributed by atoms with Crippen LogP contribution in [0.2, 0.25) is 0 Å². The van der Waals surface area contributed by atoms with E-state index in [1.807, 2.05) is 11.9 Å². The third kappa shape index (κ3) is 5.49. The van der Waals surface area contributed by atoms with E-state index in [0.717, 1.165) is 25.9 Å². The topological polar surface area (TPSA) is 60.9 Å². The van der Waals surface area contributed by atoms with Gasteiger partial charge in [0.2, 0.25) is 0 Å². The van der Waals surface area contributed by atoms with Crippen LogP contribution in [-0.2, 0) is 4.79 Å². The summed E-state index contributed by atoms with van der Waals surface area (Å²) in [6, 6.07) is 0.0775. The molecule has 110 valence electrons. The van der Waals surface area contributed by atoms with Crippen LogP contribution in [0.1, 0.15) is 39.5 Å². The van der Waals surface area contributed by atoms with Crippen LogP contribution in [-0.4, -0.2) is 53.6 Å². The number of rotatable bonds is 5. The number of hydrogen-bond acceptors (Lipinski definition) is 2. The minimum absolute atomic E-state index is 0.0775. The van der Waals surface area contributed by atoms with Crippen LogP contribution in [0, 0.1) is 11.8 Å². The Hall–Kier alpha value is -1.26. The molecule has 0 radical (unpaired) electrons. The minimum atomic E-state index is -0.750. The van der Waals surface area contributed by atoms with Gasteiger partial charge in [0.25, 0.3) is 0 Å². The smallest absolute Gasteiger partial charge is 0.319 e. The molecule has 19 heavy (non-hydrogen) atoms. The molecule has 1 rings (SSSR count). The summed E-state index contributed by atoms with van der Waals surface area (Å²) in [5.41, 5.74) is 0. The Morgan fingerprint density at radius 1 is 1.42 bits per heavy atom. The third-order valence-corrected chi connectivity index (χ3v) is 3.52. The molecule has 0 aromatic rings. The van der Waals surface area contributed by atoms with Crippen molar-refractivity contribution in [1.29, 1.82) is 0 Å². The maximum absolute atomic E-state index is 12.3. The number of likely N-dealkylation sites (tertiary alicyclic amines) is 1. The highest BCUT2D eigenvalue weighted by molar-refractivity contribution is 5.74. The fraction of sp³-hybridized carbons (Fsp3) is 0.857. The van der Waals surface area contributed by atoms with Gasteiger partial charge in [-0.3, -0.25) is 4.79 Å². The summed E-state index contributed by atoms with van der Waals surface area (Å²) >= 11 is 0. The highest BCUT2D eigenvalue weighted by atomic mass is 16.4. The van der Waals surface area contributed by atoms with Gasteiger partial charge in [-0.05, 0) is 31.1 Å². The molecule has 1 N–H and O–H groups in total. The van der Waals surface area contributed by atoms with Crippen molar-refractivity contribution in [2.24, 2.45) is 11.8 Å². The number of hydrogen-bond donors (Lipinski definition) is 1. The first kappa shape index (κ1) is 15.8. The molecule has 0 spiro atoms. The number of nitrogens with zero attached hydrogens (tertiary/aromatic N) is 2. The van der Waals surface area contributed by atoms with Crippen LogP contribution < -0.4 is 0 Å². The quantitative estimate of drug-likeness (QED) is 0.833. The monoisotopic (exact) mass is 270 g/mol. The first-order valence-electron chi connectivity index (χ1n) is 7.12. The predicted octanol–water partition coefficient (Wildman–Crippen LogP) is 2.27.